The second-order valence-electron chi connectivity index (χ2n) is 6.90. The summed E-state index contributed by atoms with van der Waals surface area (Å²) in [6, 6.07) is 9.36. The lowest BCUT2D eigenvalue weighted by atomic mass is 9.80. The monoisotopic (exact) mass is 358 g/mol. The standard InChI is InChI=1S/C20H23FN2O3/c21-15-4-1-14(2-5-15)3-8-19(25)23-16-9-11-20(26,12-10-16)18-7-6-17(24)13-22-18/h1-2,4-7,13,16,24,26H,3,8-12H2,(H,23,25)/t16-,20-. The fourth-order valence-electron chi connectivity index (χ4n) is 3.37. The Morgan fingerprint density at radius 1 is 1.19 bits per heavy atom. The van der Waals surface area contributed by atoms with Crippen molar-refractivity contribution in [3.05, 3.63) is 59.7 Å². The lowest BCUT2D eigenvalue weighted by Crippen LogP contribution is -2.42. The number of aliphatic hydroxyl groups is 1. The van der Waals surface area contributed by atoms with Crippen molar-refractivity contribution in [1.82, 2.24) is 10.3 Å². The fraction of sp³-hybridized carbons (Fsp3) is 0.400. The van der Waals surface area contributed by atoms with Crippen molar-refractivity contribution in [2.75, 3.05) is 0 Å². The van der Waals surface area contributed by atoms with Gasteiger partial charge in [0.15, 0.2) is 0 Å². The number of amides is 1. The van der Waals surface area contributed by atoms with E-state index in [1.165, 1.54) is 24.4 Å². The van der Waals surface area contributed by atoms with Gasteiger partial charge in [0.1, 0.15) is 17.2 Å². The highest BCUT2D eigenvalue weighted by molar-refractivity contribution is 5.76. The third kappa shape index (κ3) is 4.58. The van der Waals surface area contributed by atoms with Gasteiger partial charge in [-0.05, 0) is 61.9 Å². The van der Waals surface area contributed by atoms with Crippen LogP contribution in [0.5, 0.6) is 5.75 Å². The first-order valence-electron chi connectivity index (χ1n) is 8.86. The van der Waals surface area contributed by atoms with Crippen LogP contribution in [0.15, 0.2) is 42.6 Å². The number of pyridine rings is 1. The van der Waals surface area contributed by atoms with Crippen molar-refractivity contribution < 1.29 is 19.4 Å². The average Bonchev–Trinajstić information content (AvgIpc) is 2.64. The van der Waals surface area contributed by atoms with Crippen LogP contribution in [0.3, 0.4) is 0 Å². The second-order valence-corrected chi connectivity index (χ2v) is 6.90. The molecule has 26 heavy (non-hydrogen) atoms. The van der Waals surface area contributed by atoms with Crippen LogP contribution >= 0.6 is 0 Å². The number of hydrogen-bond donors (Lipinski definition) is 3. The molecular weight excluding hydrogens is 335 g/mol. The molecule has 0 bridgehead atoms. The van der Waals surface area contributed by atoms with E-state index in [9.17, 15) is 19.4 Å². The molecule has 1 aliphatic rings. The number of aromatic nitrogens is 1. The van der Waals surface area contributed by atoms with E-state index >= 15 is 0 Å². The van der Waals surface area contributed by atoms with Crippen LogP contribution in [0.1, 0.15) is 43.4 Å². The number of hydrogen-bond acceptors (Lipinski definition) is 4. The molecule has 0 radical (unpaired) electrons. The Bertz CT molecular complexity index is 739. The first kappa shape index (κ1) is 18.3. The molecule has 6 heteroatoms. The van der Waals surface area contributed by atoms with Crippen molar-refractivity contribution in [3.63, 3.8) is 0 Å². The van der Waals surface area contributed by atoms with E-state index in [-0.39, 0.29) is 23.5 Å². The summed E-state index contributed by atoms with van der Waals surface area (Å²) in [5, 5.41) is 23.1. The second kappa shape index (κ2) is 7.83. The molecule has 0 atom stereocenters. The number of benzene rings is 1. The Labute approximate surface area is 151 Å². The minimum Gasteiger partial charge on any atom is -0.506 e. The molecule has 2 aromatic rings. The van der Waals surface area contributed by atoms with Gasteiger partial charge in [-0.2, -0.15) is 0 Å². The Hall–Kier alpha value is -2.47. The molecule has 0 spiro atoms. The van der Waals surface area contributed by atoms with Gasteiger partial charge in [-0.15, -0.1) is 0 Å². The first-order valence-corrected chi connectivity index (χ1v) is 8.86. The molecular formula is C20H23FN2O3. The number of nitrogens with one attached hydrogen (secondary N) is 1. The number of aryl methyl sites for hydroxylation is 1. The third-order valence-electron chi connectivity index (χ3n) is 4.96. The highest BCUT2D eigenvalue weighted by atomic mass is 19.1. The highest BCUT2D eigenvalue weighted by Gasteiger charge is 2.36. The van der Waals surface area contributed by atoms with E-state index < -0.39 is 5.60 Å². The smallest absolute Gasteiger partial charge is 0.220 e. The van der Waals surface area contributed by atoms with Crippen LogP contribution < -0.4 is 5.32 Å². The molecule has 1 heterocycles. The molecule has 0 aliphatic heterocycles. The van der Waals surface area contributed by atoms with Crippen LogP contribution in [-0.4, -0.2) is 27.1 Å². The number of halogens is 1. The molecule has 138 valence electrons. The Morgan fingerprint density at radius 2 is 1.88 bits per heavy atom. The van der Waals surface area contributed by atoms with E-state index in [0.717, 1.165) is 5.56 Å². The predicted octanol–water partition coefficient (Wildman–Crippen LogP) is 2.81. The Kier molecular flexibility index (Phi) is 5.52. The van der Waals surface area contributed by atoms with E-state index in [2.05, 4.69) is 10.3 Å². The van der Waals surface area contributed by atoms with Crippen molar-refractivity contribution in [1.29, 1.82) is 0 Å². The van der Waals surface area contributed by atoms with Gasteiger partial charge in [-0.1, -0.05) is 12.1 Å². The zero-order chi connectivity index (χ0) is 18.6. The van der Waals surface area contributed by atoms with Gasteiger partial charge in [-0.25, -0.2) is 4.39 Å². The summed E-state index contributed by atoms with van der Waals surface area (Å²) < 4.78 is 12.9. The zero-order valence-electron chi connectivity index (χ0n) is 14.5. The van der Waals surface area contributed by atoms with Gasteiger partial charge < -0.3 is 15.5 Å². The summed E-state index contributed by atoms with van der Waals surface area (Å²) in [7, 11) is 0. The molecule has 1 aromatic heterocycles. The number of rotatable bonds is 5. The van der Waals surface area contributed by atoms with Crippen LogP contribution in [0, 0.1) is 5.82 Å². The summed E-state index contributed by atoms with van der Waals surface area (Å²) in [6.07, 6.45) is 4.60. The molecule has 0 saturated heterocycles. The Balaban J connectivity index is 1.46. The minimum absolute atomic E-state index is 0.0347. The van der Waals surface area contributed by atoms with E-state index in [1.54, 1.807) is 18.2 Å². The maximum atomic E-state index is 12.9. The first-order chi connectivity index (χ1) is 12.4. The van der Waals surface area contributed by atoms with Gasteiger partial charge >= 0.3 is 0 Å². The molecule has 1 saturated carbocycles. The summed E-state index contributed by atoms with van der Waals surface area (Å²) in [4.78, 5) is 16.2. The number of carbonyl (C=O) groups is 1. The van der Waals surface area contributed by atoms with Crippen LogP contribution in [0.4, 0.5) is 4.39 Å². The zero-order valence-corrected chi connectivity index (χ0v) is 14.5. The maximum absolute atomic E-state index is 12.9. The summed E-state index contributed by atoms with van der Waals surface area (Å²) in [5.41, 5.74) is 0.470. The fourth-order valence-corrected chi connectivity index (χ4v) is 3.37. The van der Waals surface area contributed by atoms with Gasteiger partial charge in [0.05, 0.1) is 11.9 Å². The summed E-state index contributed by atoms with van der Waals surface area (Å²) >= 11 is 0. The SMILES string of the molecule is O=C(CCc1ccc(F)cc1)N[C@H]1CC[C@@](O)(c2ccc(O)cn2)CC1. The largest absolute Gasteiger partial charge is 0.506 e. The van der Waals surface area contributed by atoms with Gasteiger partial charge in [0.25, 0.3) is 0 Å². The van der Waals surface area contributed by atoms with E-state index in [1.807, 2.05) is 0 Å². The summed E-state index contributed by atoms with van der Waals surface area (Å²) in [6.45, 7) is 0. The lowest BCUT2D eigenvalue weighted by molar-refractivity contribution is -0.122. The van der Waals surface area contributed by atoms with Gasteiger partial charge in [0.2, 0.25) is 5.91 Å². The molecule has 0 unspecified atom stereocenters. The van der Waals surface area contributed by atoms with Crippen molar-refractivity contribution >= 4 is 5.91 Å². The van der Waals surface area contributed by atoms with Gasteiger partial charge in [0, 0.05) is 12.5 Å². The predicted molar refractivity (Wildman–Crippen MR) is 94.9 cm³/mol. The van der Waals surface area contributed by atoms with E-state index in [4.69, 9.17) is 0 Å². The maximum Gasteiger partial charge on any atom is 0.220 e. The molecule has 1 aromatic carbocycles. The normalized spacial score (nSPS) is 22.8. The van der Waals surface area contributed by atoms with Crippen molar-refractivity contribution in [2.24, 2.45) is 0 Å². The van der Waals surface area contributed by atoms with Crippen molar-refractivity contribution in [3.8, 4) is 5.75 Å². The van der Waals surface area contributed by atoms with Crippen LogP contribution in [-0.2, 0) is 16.8 Å². The summed E-state index contributed by atoms with van der Waals surface area (Å²) in [5.74, 6) is -0.247. The number of carbonyl (C=O) groups excluding carboxylic acids is 1. The van der Waals surface area contributed by atoms with Crippen LogP contribution in [0.2, 0.25) is 0 Å². The number of nitrogens with zero attached hydrogens (tertiary/aromatic N) is 1. The lowest BCUT2D eigenvalue weighted by Gasteiger charge is -2.35. The molecule has 1 aliphatic carbocycles. The average molecular weight is 358 g/mol. The van der Waals surface area contributed by atoms with Crippen LogP contribution in [0.25, 0.3) is 0 Å². The van der Waals surface area contributed by atoms with E-state index in [0.29, 0.717) is 44.2 Å². The third-order valence-corrected chi connectivity index (χ3v) is 4.96. The molecule has 5 nitrogen and oxygen atoms in total. The van der Waals surface area contributed by atoms with Gasteiger partial charge in [-0.3, -0.25) is 9.78 Å². The molecule has 3 N–H and O–H groups in total. The molecule has 3 rings (SSSR count). The Morgan fingerprint density at radius 3 is 2.50 bits per heavy atom. The molecule has 1 fully saturated rings. The number of aromatic hydroxyl groups is 1. The van der Waals surface area contributed by atoms with Crippen molar-refractivity contribution in [2.45, 2.75) is 50.2 Å². The quantitative estimate of drug-likeness (QED) is 0.768. The highest BCUT2D eigenvalue weighted by Crippen LogP contribution is 2.36. The molecule has 1 amide bonds. The topological polar surface area (TPSA) is 82.5 Å². The minimum atomic E-state index is -1.01.